The first-order valence-corrected chi connectivity index (χ1v) is 9.63. The average Bonchev–Trinajstić information content (AvgIpc) is 2.45. The predicted octanol–water partition coefficient (Wildman–Crippen LogP) is -0.511. The molecular weight excluding hydrogens is 324 g/mol. The number of hydrogen-bond acceptors (Lipinski definition) is 5. The Labute approximate surface area is 135 Å². The van der Waals surface area contributed by atoms with E-state index in [-0.39, 0.29) is 24.7 Å². The van der Waals surface area contributed by atoms with Crippen LogP contribution in [-0.2, 0) is 24.2 Å². The number of carbonyl (C=O) groups is 3. The van der Waals surface area contributed by atoms with Crippen LogP contribution in [0.1, 0.15) is 32.1 Å². The topological polar surface area (TPSA) is 112 Å². The number of sulfone groups is 1. The van der Waals surface area contributed by atoms with E-state index in [0.717, 1.165) is 30.6 Å². The molecule has 0 aromatic carbocycles. The standard InChI is InChI=1S/C14H22N2O6S/c17-12-5-3-1-2-4-6-15(12)9-13(18)16-7-8-23(21,22)10-11(16)14(19)20/h11H,1-10H2,(H,19,20). The number of aliphatic carboxylic acids is 1. The monoisotopic (exact) mass is 346 g/mol. The van der Waals surface area contributed by atoms with Gasteiger partial charge in [0.15, 0.2) is 9.84 Å². The molecule has 2 aliphatic rings. The lowest BCUT2D eigenvalue weighted by Gasteiger charge is -2.34. The molecule has 0 aromatic heterocycles. The van der Waals surface area contributed by atoms with Crippen LogP contribution < -0.4 is 0 Å². The fourth-order valence-electron chi connectivity index (χ4n) is 2.95. The summed E-state index contributed by atoms with van der Waals surface area (Å²) in [6, 6.07) is -1.37. The molecule has 2 saturated heterocycles. The molecule has 2 fully saturated rings. The van der Waals surface area contributed by atoms with Crippen molar-refractivity contribution in [1.29, 1.82) is 0 Å². The van der Waals surface area contributed by atoms with E-state index in [0.29, 0.717) is 13.0 Å². The molecule has 23 heavy (non-hydrogen) atoms. The van der Waals surface area contributed by atoms with Gasteiger partial charge in [0, 0.05) is 19.5 Å². The van der Waals surface area contributed by atoms with Gasteiger partial charge in [-0.3, -0.25) is 9.59 Å². The van der Waals surface area contributed by atoms with Crippen molar-refractivity contribution in [3.05, 3.63) is 0 Å². The van der Waals surface area contributed by atoms with Crippen LogP contribution in [-0.4, -0.2) is 78.3 Å². The normalized spacial score (nSPS) is 25.6. The minimum absolute atomic E-state index is 0.102. The molecule has 0 bridgehead atoms. The quantitative estimate of drug-likeness (QED) is 0.736. The maximum atomic E-state index is 12.4. The van der Waals surface area contributed by atoms with Crippen molar-refractivity contribution in [3.8, 4) is 0 Å². The van der Waals surface area contributed by atoms with E-state index in [2.05, 4.69) is 0 Å². The number of amides is 2. The fourth-order valence-corrected chi connectivity index (χ4v) is 4.39. The number of likely N-dealkylation sites (tertiary alicyclic amines) is 1. The van der Waals surface area contributed by atoms with Crippen molar-refractivity contribution in [1.82, 2.24) is 9.80 Å². The molecule has 8 nitrogen and oxygen atoms in total. The maximum absolute atomic E-state index is 12.4. The second-order valence-electron chi connectivity index (χ2n) is 6.04. The zero-order valence-electron chi connectivity index (χ0n) is 12.9. The third-order valence-corrected chi connectivity index (χ3v) is 5.91. The van der Waals surface area contributed by atoms with Crippen molar-refractivity contribution >= 4 is 27.6 Å². The van der Waals surface area contributed by atoms with Crippen molar-refractivity contribution in [2.75, 3.05) is 31.1 Å². The fraction of sp³-hybridized carbons (Fsp3) is 0.786. The van der Waals surface area contributed by atoms with Crippen LogP contribution in [0.3, 0.4) is 0 Å². The second kappa shape index (κ2) is 7.29. The summed E-state index contributed by atoms with van der Waals surface area (Å²) in [7, 11) is -3.45. The van der Waals surface area contributed by atoms with Gasteiger partial charge in [0.05, 0.1) is 18.1 Å². The summed E-state index contributed by atoms with van der Waals surface area (Å²) in [6.45, 7) is 0.164. The Morgan fingerprint density at radius 2 is 1.83 bits per heavy atom. The highest BCUT2D eigenvalue weighted by molar-refractivity contribution is 7.91. The van der Waals surface area contributed by atoms with Crippen LogP contribution in [0.2, 0.25) is 0 Å². The van der Waals surface area contributed by atoms with E-state index < -0.39 is 33.5 Å². The van der Waals surface area contributed by atoms with E-state index >= 15 is 0 Å². The van der Waals surface area contributed by atoms with Crippen LogP contribution in [0, 0.1) is 0 Å². The third kappa shape index (κ3) is 4.66. The lowest BCUT2D eigenvalue weighted by atomic mass is 10.1. The summed E-state index contributed by atoms with van der Waals surface area (Å²) in [5.74, 6) is -2.74. The number of carbonyl (C=O) groups excluding carboxylic acids is 2. The molecule has 1 unspecified atom stereocenters. The SMILES string of the molecule is O=C(O)C1CS(=O)(=O)CCN1C(=O)CN1CCCCCCC1=O. The summed E-state index contributed by atoms with van der Waals surface area (Å²) >= 11 is 0. The van der Waals surface area contributed by atoms with E-state index in [1.54, 1.807) is 0 Å². The van der Waals surface area contributed by atoms with Gasteiger partial charge in [0.1, 0.15) is 6.04 Å². The molecule has 2 amide bonds. The molecule has 2 aliphatic heterocycles. The second-order valence-corrected chi connectivity index (χ2v) is 8.26. The zero-order valence-corrected chi connectivity index (χ0v) is 13.8. The van der Waals surface area contributed by atoms with Gasteiger partial charge in [0.25, 0.3) is 0 Å². The Hall–Kier alpha value is -1.64. The molecule has 2 rings (SSSR count). The Morgan fingerprint density at radius 3 is 2.52 bits per heavy atom. The first kappa shape index (κ1) is 17.7. The van der Waals surface area contributed by atoms with Crippen LogP contribution in [0.5, 0.6) is 0 Å². The van der Waals surface area contributed by atoms with Crippen molar-refractivity contribution in [3.63, 3.8) is 0 Å². The van der Waals surface area contributed by atoms with Crippen molar-refractivity contribution < 1.29 is 27.9 Å². The van der Waals surface area contributed by atoms with Gasteiger partial charge in [-0.15, -0.1) is 0 Å². The molecule has 130 valence electrons. The highest BCUT2D eigenvalue weighted by Crippen LogP contribution is 2.15. The molecule has 0 spiro atoms. The van der Waals surface area contributed by atoms with E-state index in [9.17, 15) is 27.9 Å². The highest BCUT2D eigenvalue weighted by atomic mass is 32.2. The Balaban J connectivity index is 2.05. The van der Waals surface area contributed by atoms with Crippen LogP contribution in [0.15, 0.2) is 0 Å². The van der Waals surface area contributed by atoms with Gasteiger partial charge in [-0.1, -0.05) is 12.8 Å². The van der Waals surface area contributed by atoms with Gasteiger partial charge >= 0.3 is 5.97 Å². The summed E-state index contributed by atoms with van der Waals surface area (Å²) in [5.41, 5.74) is 0. The first-order valence-electron chi connectivity index (χ1n) is 7.80. The van der Waals surface area contributed by atoms with Gasteiger partial charge in [-0.05, 0) is 12.8 Å². The number of carboxylic acids is 1. The minimum Gasteiger partial charge on any atom is -0.480 e. The van der Waals surface area contributed by atoms with E-state index in [4.69, 9.17) is 0 Å². The Morgan fingerprint density at radius 1 is 1.13 bits per heavy atom. The third-order valence-electron chi connectivity index (χ3n) is 4.28. The summed E-state index contributed by atoms with van der Waals surface area (Å²) in [4.78, 5) is 38.3. The molecule has 0 aromatic rings. The van der Waals surface area contributed by atoms with E-state index in [1.165, 1.54) is 4.90 Å². The summed E-state index contributed by atoms with van der Waals surface area (Å²) in [5, 5.41) is 9.19. The van der Waals surface area contributed by atoms with Crippen molar-refractivity contribution in [2.45, 2.75) is 38.1 Å². The number of rotatable bonds is 3. The summed E-state index contributed by atoms with van der Waals surface area (Å²) in [6.07, 6.45) is 4.00. The Bertz CT molecular complexity index is 588. The van der Waals surface area contributed by atoms with Crippen LogP contribution in [0.25, 0.3) is 0 Å². The van der Waals surface area contributed by atoms with Gasteiger partial charge < -0.3 is 14.9 Å². The number of nitrogens with zero attached hydrogens (tertiary/aromatic N) is 2. The lowest BCUT2D eigenvalue weighted by molar-refractivity contribution is -0.151. The average molecular weight is 346 g/mol. The predicted molar refractivity (Wildman–Crippen MR) is 81.5 cm³/mol. The maximum Gasteiger partial charge on any atom is 0.327 e. The number of carboxylic acid groups (broad SMARTS) is 1. The molecule has 0 saturated carbocycles. The molecular formula is C14H22N2O6S. The molecule has 0 radical (unpaired) electrons. The largest absolute Gasteiger partial charge is 0.480 e. The van der Waals surface area contributed by atoms with Gasteiger partial charge in [0.2, 0.25) is 11.8 Å². The number of hydrogen-bond donors (Lipinski definition) is 1. The molecule has 2 heterocycles. The molecule has 1 atom stereocenters. The smallest absolute Gasteiger partial charge is 0.327 e. The van der Waals surface area contributed by atoms with Crippen LogP contribution >= 0.6 is 0 Å². The van der Waals surface area contributed by atoms with E-state index in [1.807, 2.05) is 0 Å². The highest BCUT2D eigenvalue weighted by Gasteiger charge is 2.39. The minimum atomic E-state index is -3.45. The molecule has 0 aliphatic carbocycles. The first-order chi connectivity index (χ1) is 10.8. The van der Waals surface area contributed by atoms with Crippen LogP contribution in [0.4, 0.5) is 0 Å². The molecule has 1 N–H and O–H groups in total. The summed E-state index contributed by atoms with van der Waals surface area (Å²) < 4.78 is 23.2. The van der Waals surface area contributed by atoms with Gasteiger partial charge in [-0.2, -0.15) is 0 Å². The Kier molecular flexibility index (Phi) is 5.61. The van der Waals surface area contributed by atoms with Crippen molar-refractivity contribution in [2.24, 2.45) is 0 Å². The molecule has 9 heteroatoms. The lowest BCUT2D eigenvalue weighted by Crippen LogP contribution is -2.57. The van der Waals surface area contributed by atoms with Gasteiger partial charge in [-0.25, -0.2) is 13.2 Å². The zero-order chi connectivity index (χ0) is 17.0.